The summed E-state index contributed by atoms with van der Waals surface area (Å²) in [6.07, 6.45) is 0.0719. The van der Waals surface area contributed by atoms with Gasteiger partial charge in [0.25, 0.3) is 5.91 Å². The number of carbonyl (C=O) groups excluding carboxylic acids is 2. The Morgan fingerprint density at radius 1 is 1.14 bits per heavy atom. The third-order valence-corrected chi connectivity index (χ3v) is 4.91. The fourth-order valence-corrected chi connectivity index (χ4v) is 3.53. The number of aromatic nitrogens is 2. The summed E-state index contributed by atoms with van der Waals surface area (Å²) in [5.41, 5.74) is 2.68. The summed E-state index contributed by atoms with van der Waals surface area (Å²) in [5, 5.41) is 2.91. The zero-order valence-electron chi connectivity index (χ0n) is 15.7. The van der Waals surface area contributed by atoms with Crippen LogP contribution in [0.3, 0.4) is 0 Å². The summed E-state index contributed by atoms with van der Waals surface area (Å²) >= 11 is 0. The van der Waals surface area contributed by atoms with Crippen molar-refractivity contribution in [3.05, 3.63) is 60.2 Å². The first kappa shape index (κ1) is 18.2. The van der Waals surface area contributed by atoms with Gasteiger partial charge >= 0.3 is 0 Å². The van der Waals surface area contributed by atoms with Crippen LogP contribution in [0.1, 0.15) is 18.0 Å². The van der Waals surface area contributed by atoms with Gasteiger partial charge in [0, 0.05) is 13.7 Å². The van der Waals surface area contributed by atoms with Gasteiger partial charge in [0.05, 0.1) is 30.6 Å². The van der Waals surface area contributed by atoms with Crippen molar-refractivity contribution in [1.82, 2.24) is 14.9 Å². The Morgan fingerprint density at radius 3 is 2.68 bits per heavy atom. The number of para-hydroxylation sites is 2. The van der Waals surface area contributed by atoms with Crippen LogP contribution < -0.4 is 10.2 Å². The Kier molecular flexibility index (Phi) is 5.08. The quantitative estimate of drug-likeness (QED) is 0.684. The van der Waals surface area contributed by atoms with Gasteiger partial charge in [0.1, 0.15) is 6.04 Å². The number of fused-ring (bicyclic) bond motifs is 3. The van der Waals surface area contributed by atoms with Crippen LogP contribution in [0.15, 0.2) is 54.6 Å². The highest BCUT2D eigenvalue weighted by molar-refractivity contribution is 6.03. The Bertz CT molecular complexity index is 999. The molecule has 0 spiro atoms. The Labute approximate surface area is 162 Å². The molecule has 0 saturated heterocycles. The monoisotopic (exact) mass is 378 g/mol. The van der Waals surface area contributed by atoms with Crippen LogP contribution >= 0.6 is 0 Å². The molecule has 1 aliphatic heterocycles. The molecule has 2 heterocycles. The van der Waals surface area contributed by atoms with Crippen LogP contribution in [0.25, 0.3) is 11.0 Å². The number of nitrogens with one attached hydrogen (secondary N) is 1. The molecule has 28 heavy (non-hydrogen) atoms. The molecule has 4 rings (SSSR count). The minimum Gasteiger partial charge on any atom is -0.383 e. The molecule has 0 aliphatic carbocycles. The maximum Gasteiger partial charge on any atom is 0.253 e. The normalized spacial score (nSPS) is 15.8. The lowest BCUT2D eigenvalue weighted by molar-refractivity contribution is -0.127. The number of amides is 2. The number of imidazole rings is 1. The first-order valence-electron chi connectivity index (χ1n) is 9.27. The SMILES string of the molecule is COCCN1C(=O)[C@@H](CC(=O)NCc2ccccc2)n2c1nc1ccccc12. The summed E-state index contributed by atoms with van der Waals surface area (Å²) < 4.78 is 7.01. The Balaban J connectivity index is 1.56. The highest BCUT2D eigenvalue weighted by atomic mass is 16.5. The lowest BCUT2D eigenvalue weighted by atomic mass is 10.1. The number of rotatable bonds is 7. The van der Waals surface area contributed by atoms with Crippen molar-refractivity contribution in [2.24, 2.45) is 0 Å². The fraction of sp³-hybridized carbons (Fsp3) is 0.286. The molecule has 1 aliphatic rings. The third-order valence-electron chi connectivity index (χ3n) is 4.91. The number of anilines is 1. The average Bonchev–Trinajstić information content (AvgIpc) is 3.21. The summed E-state index contributed by atoms with van der Waals surface area (Å²) in [6.45, 7) is 1.24. The number of carbonyl (C=O) groups is 2. The minimum atomic E-state index is -0.602. The molecular weight excluding hydrogens is 356 g/mol. The van der Waals surface area contributed by atoms with Crippen molar-refractivity contribution in [2.45, 2.75) is 19.0 Å². The molecule has 0 radical (unpaired) electrons. The second-order valence-electron chi connectivity index (χ2n) is 6.74. The Hall–Kier alpha value is -3.19. The Morgan fingerprint density at radius 2 is 1.89 bits per heavy atom. The smallest absolute Gasteiger partial charge is 0.253 e. The molecular formula is C21H22N4O3. The van der Waals surface area contributed by atoms with Crippen molar-refractivity contribution in [2.75, 3.05) is 25.2 Å². The average molecular weight is 378 g/mol. The van der Waals surface area contributed by atoms with Gasteiger partial charge in [0.2, 0.25) is 11.9 Å². The zero-order valence-corrected chi connectivity index (χ0v) is 15.7. The van der Waals surface area contributed by atoms with E-state index in [1.165, 1.54) is 0 Å². The van der Waals surface area contributed by atoms with Crippen LogP contribution in [-0.4, -0.2) is 41.6 Å². The van der Waals surface area contributed by atoms with Crippen molar-refractivity contribution in [1.29, 1.82) is 0 Å². The molecule has 0 saturated carbocycles. The van der Waals surface area contributed by atoms with Crippen LogP contribution in [-0.2, 0) is 20.9 Å². The number of ether oxygens (including phenoxy) is 1. The minimum absolute atomic E-state index is 0.0719. The van der Waals surface area contributed by atoms with E-state index in [4.69, 9.17) is 4.74 Å². The largest absolute Gasteiger partial charge is 0.383 e. The maximum absolute atomic E-state index is 13.0. The van der Waals surface area contributed by atoms with Gasteiger partial charge in [-0.3, -0.25) is 19.1 Å². The molecule has 3 aromatic rings. The molecule has 144 valence electrons. The van der Waals surface area contributed by atoms with Crippen molar-refractivity contribution >= 4 is 28.8 Å². The second-order valence-corrected chi connectivity index (χ2v) is 6.74. The van der Waals surface area contributed by atoms with E-state index < -0.39 is 6.04 Å². The summed E-state index contributed by atoms with van der Waals surface area (Å²) in [5.74, 6) is 0.281. The molecule has 2 aromatic carbocycles. The molecule has 1 N–H and O–H groups in total. The topological polar surface area (TPSA) is 76.5 Å². The molecule has 0 unspecified atom stereocenters. The zero-order chi connectivity index (χ0) is 19.5. The first-order chi connectivity index (χ1) is 13.7. The summed E-state index contributed by atoms with van der Waals surface area (Å²) in [4.78, 5) is 31.8. The van der Waals surface area contributed by atoms with E-state index >= 15 is 0 Å². The number of nitrogens with zero attached hydrogens (tertiary/aromatic N) is 3. The van der Waals surface area contributed by atoms with Gasteiger partial charge in [-0.2, -0.15) is 0 Å². The maximum atomic E-state index is 13.0. The second kappa shape index (κ2) is 7.82. The molecule has 7 nitrogen and oxygen atoms in total. The number of benzene rings is 2. The number of hydrogen-bond donors (Lipinski definition) is 1. The number of methoxy groups -OCH3 is 1. The van der Waals surface area contributed by atoms with Crippen LogP contribution in [0.2, 0.25) is 0 Å². The molecule has 1 atom stereocenters. The van der Waals surface area contributed by atoms with E-state index in [1.54, 1.807) is 12.0 Å². The van der Waals surface area contributed by atoms with Gasteiger partial charge in [-0.05, 0) is 17.7 Å². The van der Waals surface area contributed by atoms with Crippen molar-refractivity contribution in [3.8, 4) is 0 Å². The van der Waals surface area contributed by atoms with Crippen molar-refractivity contribution < 1.29 is 14.3 Å². The van der Waals surface area contributed by atoms with E-state index in [0.29, 0.717) is 25.6 Å². The fourth-order valence-electron chi connectivity index (χ4n) is 3.53. The van der Waals surface area contributed by atoms with Gasteiger partial charge in [-0.1, -0.05) is 42.5 Å². The summed E-state index contributed by atoms with van der Waals surface area (Å²) in [7, 11) is 1.60. The van der Waals surface area contributed by atoms with Gasteiger partial charge in [-0.15, -0.1) is 0 Å². The van der Waals surface area contributed by atoms with Crippen LogP contribution in [0, 0.1) is 0 Å². The standard InChI is InChI=1S/C21H22N4O3/c1-28-12-11-24-20(27)18(13-19(26)22-14-15-7-3-2-4-8-15)25-17-10-6-5-9-16(17)23-21(24)25/h2-10,18H,11-14H2,1H3,(H,22,26)/t18-/m1/s1. The summed E-state index contributed by atoms with van der Waals surface area (Å²) in [6, 6.07) is 16.8. The molecule has 0 bridgehead atoms. The van der Waals surface area contributed by atoms with E-state index in [2.05, 4.69) is 10.3 Å². The highest BCUT2D eigenvalue weighted by Gasteiger charge is 2.40. The molecule has 7 heteroatoms. The van der Waals surface area contributed by atoms with Crippen molar-refractivity contribution in [3.63, 3.8) is 0 Å². The van der Waals surface area contributed by atoms with Gasteiger partial charge < -0.3 is 10.1 Å². The first-order valence-corrected chi connectivity index (χ1v) is 9.27. The predicted molar refractivity (Wildman–Crippen MR) is 106 cm³/mol. The van der Waals surface area contributed by atoms with Gasteiger partial charge in [0.15, 0.2) is 0 Å². The number of hydrogen-bond acceptors (Lipinski definition) is 4. The predicted octanol–water partition coefficient (Wildman–Crippen LogP) is 2.28. The highest BCUT2D eigenvalue weighted by Crippen LogP contribution is 2.36. The van der Waals surface area contributed by atoms with E-state index in [-0.39, 0.29) is 18.2 Å². The molecule has 0 fully saturated rings. The van der Waals surface area contributed by atoms with E-state index in [9.17, 15) is 9.59 Å². The molecule has 2 amide bonds. The lowest BCUT2D eigenvalue weighted by Crippen LogP contribution is -2.34. The third kappa shape index (κ3) is 3.36. The van der Waals surface area contributed by atoms with E-state index in [1.807, 2.05) is 59.2 Å². The van der Waals surface area contributed by atoms with E-state index in [0.717, 1.165) is 16.6 Å². The molecule has 1 aromatic heterocycles. The van der Waals surface area contributed by atoms with Crippen LogP contribution in [0.5, 0.6) is 0 Å². The van der Waals surface area contributed by atoms with Gasteiger partial charge in [-0.25, -0.2) is 4.98 Å². The lowest BCUT2D eigenvalue weighted by Gasteiger charge is -2.15. The van der Waals surface area contributed by atoms with Crippen LogP contribution in [0.4, 0.5) is 5.95 Å².